The van der Waals surface area contributed by atoms with Gasteiger partial charge in [0.05, 0.1) is 18.1 Å². The molecule has 1 aliphatic rings. The van der Waals surface area contributed by atoms with Crippen LogP contribution in [-0.2, 0) is 16.6 Å². The van der Waals surface area contributed by atoms with Gasteiger partial charge in [-0.15, -0.1) is 0 Å². The molecule has 0 radical (unpaired) electrons. The standard InChI is InChI=1S/C20H29N5O2S/c1-15(11-16-7-3-2-4-8-16)22-12-17-9-5-6-10-19(17)25-28(26,27)18-13-23-20(21)24-14-18/h5-6,9-10,13-16,22,25H,2-4,7-8,11-12H2,1H3,(H2,21,23,24). The number of nitrogens with zero attached hydrogens (tertiary/aromatic N) is 2. The van der Waals surface area contributed by atoms with E-state index in [0.717, 1.165) is 17.9 Å². The Labute approximate surface area is 167 Å². The first-order chi connectivity index (χ1) is 13.4. The molecule has 1 atom stereocenters. The van der Waals surface area contributed by atoms with Crippen LogP contribution in [0.1, 0.15) is 51.0 Å². The molecule has 2 aromatic rings. The molecule has 4 N–H and O–H groups in total. The molecule has 3 rings (SSSR count). The number of rotatable bonds is 8. The molecular weight excluding hydrogens is 374 g/mol. The molecule has 0 saturated heterocycles. The van der Waals surface area contributed by atoms with E-state index in [1.165, 1.54) is 44.5 Å². The molecule has 0 bridgehead atoms. The Hall–Kier alpha value is -2.19. The molecule has 1 heterocycles. The van der Waals surface area contributed by atoms with Crippen LogP contribution >= 0.6 is 0 Å². The normalized spacial score (nSPS) is 16.6. The zero-order chi connectivity index (χ0) is 20.0. The minimum absolute atomic E-state index is 0.0184. The predicted octanol–water partition coefficient (Wildman–Crippen LogP) is 3.31. The molecule has 0 amide bonds. The van der Waals surface area contributed by atoms with E-state index in [1.807, 2.05) is 18.2 Å². The van der Waals surface area contributed by atoms with Crippen molar-refractivity contribution in [1.82, 2.24) is 15.3 Å². The number of para-hydroxylation sites is 1. The van der Waals surface area contributed by atoms with E-state index in [-0.39, 0.29) is 10.8 Å². The molecule has 28 heavy (non-hydrogen) atoms. The third kappa shape index (κ3) is 5.65. The minimum atomic E-state index is -3.77. The molecule has 1 fully saturated rings. The van der Waals surface area contributed by atoms with Crippen LogP contribution in [0.5, 0.6) is 0 Å². The second-order valence-electron chi connectivity index (χ2n) is 7.56. The van der Waals surface area contributed by atoms with Crippen molar-refractivity contribution < 1.29 is 8.42 Å². The van der Waals surface area contributed by atoms with Crippen LogP contribution in [0.4, 0.5) is 11.6 Å². The number of nitrogen functional groups attached to an aromatic ring is 1. The third-order valence-corrected chi connectivity index (χ3v) is 6.59. The molecule has 1 saturated carbocycles. The second kappa shape index (κ2) is 9.34. The fourth-order valence-electron chi connectivity index (χ4n) is 3.73. The van der Waals surface area contributed by atoms with Gasteiger partial charge < -0.3 is 11.1 Å². The molecule has 1 aromatic carbocycles. The van der Waals surface area contributed by atoms with Gasteiger partial charge in [-0.25, -0.2) is 18.4 Å². The van der Waals surface area contributed by atoms with Crippen molar-refractivity contribution in [3.8, 4) is 0 Å². The van der Waals surface area contributed by atoms with Crippen molar-refractivity contribution in [3.63, 3.8) is 0 Å². The first-order valence-electron chi connectivity index (χ1n) is 9.85. The van der Waals surface area contributed by atoms with Gasteiger partial charge >= 0.3 is 0 Å². The highest BCUT2D eigenvalue weighted by Gasteiger charge is 2.18. The van der Waals surface area contributed by atoms with Gasteiger partial charge in [-0.2, -0.15) is 0 Å². The molecule has 8 heteroatoms. The van der Waals surface area contributed by atoms with Crippen LogP contribution in [0.25, 0.3) is 0 Å². The van der Waals surface area contributed by atoms with Gasteiger partial charge in [-0.3, -0.25) is 4.72 Å². The lowest BCUT2D eigenvalue weighted by Gasteiger charge is -2.25. The van der Waals surface area contributed by atoms with Crippen LogP contribution in [0, 0.1) is 5.92 Å². The first-order valence-corrected chi connectivity index (χ1v) is 11.3. The quantitative estimate of drug-likeness (QED) is 0.624. The van der Waals surface area contributed by atoms with E-state index in [4.69, 9.17) is 5.73 Å². The maximum atomic E-state index is 12.6. The van der Waals surface area contributed by atoms with Gasteiger partial charge in [-0.1, -0.05) is 50.3 Å². The van der Waals surface area contributed by atoms with Crippen LogP contribution in [0.15, 0.2) is 41.6 Å². The van der Waals surface area contributed by atoms with E-state index in [1.54, 1.807) is 6.07 Å². The molecule has 1 unspecified atom stereocenters. The van der Waals surface area contributed by atoms with E-state index in [0.29, 0.717) is 18.3 Å². The predicted molar refractivity (Wildman–Crippen MR) is 111 cm³/mol. The summed E-state index contributed by atoms with van der Waals surface area (Å²) >= 11 is 0. The zero-order valence-electron chi connectivity index (χ0n) is 16.3. The van der Waals surface area contributed by atoms with Crippen molar-refractivity contribution in [2.75, 3.05) is 10.5 Å². The number of sulfonamides is 1. The van der Waals surface area contributed by atoms with Gasteiger partial charge in [0.2, 0.25) is 5.95 Å². The lowest BCUT2D eigenvalue weighted by Crippen LogP contribution is -2.29. The smallest absolute Gasteiger partial charge is 0.264 e. The molecule has 152 valence electrons. The second-order valence-corrected chi connectivity index (χ2v) is 9.24. The van der Waals surface area contributed by atoms with E-state index in [9.17, 15) is 8.42 Å². The summed E-state index contributed by atoms with van der Waals surface area (Å²) in [6.45, 7) is 2.80. The number of benzene rings is 1. The summed E-state index contributed by atoms with van der Waals surface area (Å²) in [5.41, 5.74) is 6.89. The highest BCUT2D eigenvalue weighted by atomic mass is 32.2. The van der Waals surface area contributed by atoms with Crippen molar-refractivity contribution >= 4 is 21.7 Å². The lowest BCUT2D eigenvalue weighted by atomic mass is 9.85. The van der Waals surface area contributed by atoms with Crippen molar-refractivity contribution in [1.29, 1.82) is 0 Å². The SMILES string of the molecule is CC(CC1CCCCC1)NCc1ccccc1NS(=O)(=O)c1cnc(N)nc1. The minimum Gasteiger partial charge on any atom is -0.368 e. The van der Waals surface area contributed by atoms with Crippen LogP contribution in [-0.4, -0.2) is 24.4 Å². The lowest BCUT2D eigenvalue weighted by molar-refractivity contribution is 0.305. The molecule has 7 nitrogen and oxygen atoms in total. The van der Waals surface area contributed by atoms with Crippen molar-refractivity contribution in [2.24, 2.45) is 5.92 Å². The fourth-order valence-corrected chi connectivity index (χ4v) is 4.72. The van der Waals surface area contributed by atoms with Crippen molar-refractivity contribution in [2.45, 2.75) is 62.9 Å². The van der Waals surface area contributed by atoms with E-state index in [2.05, 4.69) is 26.9 Å². The number of nitrogens with two attached hydrogens (primary N) is 1. The number of hydrogen-bond donors (Lipinski definition) is 3. The summed E-state index contributed by atoms with van der Waals surface area (Å²) in [6, 6.07) is 7.80. The Balaban J connectivity index is 1.63. The Kier molecular flexibility index (Phi) is 6.85. The topological polar surface area (TPSA) is 110 Å². The number of nitrogens with one attached hydrogen (secondary N) is 2. The van der Waals surface area contributed by atoms with Gasteiger partial charge in [0, 0.05) is 12.6 Å². The van der Waals surface area contributed by atoms with Crippen LogP contribution in [0.2, 0.25) is 0 Å². The average Bonchev–Trinajstić information content (AvgIpc) is 2.68. The van der Waals surface area contributed by atoms with Gasteiger partial charge in [0.15, 0.2) is 0 Å². The Morgan fingerprint density at radius 3 is 2.54 bits per heavy atom. The molecular formula is C20H29N5O2S. The Morgan fingerprint density at radius 2 is 1.82 bits per heavy atom. The van der Waals surface area contributed by atoms with Crippen LogP contribution in [0.3, 0.4) is 0 Å². The monoisotopic (exact) mass is 403 g/mol. The first kappa shape index (κ1) is 20.5. The van der Waals surface area contributed by atoms with E-state index < -0.39 is 10.0 Å². The molecule has 0 spiro atoms. The molecule has 1 aromatic heterocycles. The summed E-state index contributed by atoms with van der Waals surface area (Å²) in [4.78, 5) is 7.50. The highest BCUT2D eigenvalue weighted by Crippen LogP contribution is 2.27. The van der Waals surface area contributed by atoms with Crippen molar-refractivity contribution in [3.05, 3.63) is 42.2 Å². The molecule has 0 aliphatic heterocycles. The Morgan fingerprint density at radius 1 is 1.14 bits per heavy atom. The maximum Gasteiger partial charge on any atom is 0.264 e. The van der Waals surface area contributed by atoms with Gasteiger partial charge in [0.25, 0.3) is 10.0 Å². The third-order valence-electron chi connectivity index (χ3n) is 5.27. The number of anilines is 2. The summed E-state index contributed by atoms with van der Waals surface area (Å²) in [5, 5.41) is 3.54. The van der Waals surface area contributed by atoms with Gasteiger partial charge in [-0.05, 0) is 30.9 Å². The summed E-state index contributed by atoms with van der Waals surface area (Å²) in [5.74, 6) is 0.839. The Bertz CT molecular complexity index is 864. The number of aromatic nitrogens is 2. The molecule has 1 aliphatic carbocycles. The number of hydrogen-bond acceptors (Lipinski definition) is 6. The van der Waals surface area contributed by atoms with E-state index >= 15 is 0 Å². The van der Waals surface area contributed by atoms with Gasteiger partial charge in [0.1, 0.15) is 4.90 Å². The summed E-state index contributed by atoms with van der Waals surface area (Å²) < 4.78 is 27.9. The average molecular weight is 404 g/mol. The largest absolute Gasteiger partial charge is 0.368 e. The van der Waals surface area contributed by atoms with Crippen LogP contribution < -0.4 is 15.8 Å². The fraction of sp³-hybridized carbons (Fsp3) is 0.500. The highest BCUT2D eigenvalue weighted by molar-refractivity contribution is 7.92. The summed E-state index contributed by atoms with van der Waals surface area (Å²) in [7, 11) is -3.77. The summed E-state index contributed by atoms with van der Waals surface area (Å²) in [6.07, 6.45) is 10.3. The maximum absolute atomic E-state index is 12.6. The zero-order valence-corrected chi connectivity index (χ0v) is 17.1.